The van der Waals surface area contributed by atoms with E-state index in [-0.39, 0.29) is 31.4 Å². The van der Waals surface area contributed by atoms with Crippen LogP contribution in [0.3, 0.4) is 0 Å². The van der Waals surface area contributed by atoms with Gasteiger partial charge in [-0.05, 0) is 38.5 Å². The first kappa shape index (κ1) is 22.6. The summed E-state index contributed by atoms with van der Waals surface area (Å²) in [6.45, 7) is 5.56. The fraction of sp³-hybridized carbons (Fsp3) is 0.529. The third-order valence-corrected chi connectivity index (χ3v) is 5.40. The van der Waals surface area contributed by atoms with Gasteiger partial charge in [-0.15, -0.1) is 0 Å². The number of hydrogen-bond acceptors (Lipinski definition) is 7. The van der Waals surface area contributed by atoms with Gasteiger partial charge in [-0.25, -0.2) is 14.6 Å². The summed E-state index contributed by atoms with van der Waals surface area (Å²) in [5.74, 6) is -1.42. The smallest absolute Gasteiger partial charge is 0.335 e. The molecule has 0 amide bonds. The van der Waals surface area contributed by atoms with Crippen LogP contribution in [-0.2, 0) is 14.3 Å². The van der Waals surface area contributed by atoms with Gasteiger partial charge in [0.2, 0.25) is 0 Å². The lowest BCUT2D eigenvalue weighted by Gasteiger charge is -2.22. The molecule has 0 aliphatic rings. The molecule has 8 nitrogen and oxygen atoms in total. The fourth-order valence-electron chi connectivity index (χ4n) is 2.29. The molecule has 0 fully saturated rings. The van der Waals surface area contributed by atoms with E-state index in [9.17, 15) is 19.4 Å². The van der Waals surface area contributed by atoms with E-state index in [1.54, 1.807) is 32.9 Å². The Morgan fingerprint density at radius 3 is 2.35 bits per heavy atom. The summed E-state index contributed by atoms with van der Waals surface area (Å²) in [4.78, 5) is 43.5. The molecule has 1 aromatic rings. The van der Waals surface area contributed by atoms with Gasteiger partial charge in [0.05, 0.1) is 25.3 Å². The second-order valence-electron chi connectivity index (χ2n) is 5.73. The predicted octanol–water partition coefficient (Wildman–Crippen LogP) is 1.79. The Morgan fingerprint density at radius 2 is 1.81 bits per heavy atom. The average Bonchev–Trinajstić information content (AvgIpc) is 2.59. The number of hydrogen-bond donors (Lipinski definition) is 4. The maximum atomic E-state index is 12.1. The highest BCUT2D eigenvalue weighted by atomic mass is 31.2. The lowest BCUT2D eigenvalue weighted by molar-refractivity contribution is -0.117. The van der Waals surface area contributed by atoms with Gasteiger partial charge in [0, 0.05) is 6.04 Å². The summed E-state index contributed by atoms with van der Waals surface area (Å²) in [6.07, 6.45) is -0.452. The van der Waals surface area contributed by atoms with Gasteiger partial charge in [-0.2, -0.15) is 0 Å². The van der Waals surface area contributed by atoms with Gasteiger partial charge in [0.15, 0.2) is 11.9 Å². The van der Waals surface area contributed by atoms with Crippen molar-refractivity contribution in [2.45, 2.75) is 32.8 Å². The van der Waals surface area contributed by atoms with Gasteiger partial charge < -0.3 is 19.9 Å². The molecule has 0 spiro atoms. The first-order valence-corrected chi connectivity index (χ1v) is 10.3. The minimum absolute atomic E-state index is 0.0910. The zero-order chi connectivity index (χ0) is 19.7. The molecule has 9 heteroatoms. The van der Waals surface area contributed by atoms with Gasteiger partial charge in [0.25, 0.3) is 0 Å². The number of ether oxygens (including phenoxy) is 2. The van der Waals surface area contributed by atoms with Crippen LogP contribution in [0.1, 0.15) is 42.7 Å². The standard InChI is InChI=1S/C17H26NO7P/c1-4-24-17(25-5-2)26(22,23)11-15(19)10-18-12(3)13-7-6-8-14(9-13)16(20)21/h6-9,12,17-18,22-23H,4-5,10-11H2,1-3H3/p+1/t12-/m1/s1. The largest absolute Gasteiger partial charge is 0.478 e. The Balaban J connectivity index is 2.62. The van der Waals surface area contributed by atoms with Crippen molar-refractivity contribution >= 4 is 19.5 Å². The number of rotatable bonds is 12. The molecule has 0 aliphatic heterocycles. The van der Waals surface area contributed by atoms with Crippen LogP contribution in [0.15, 0.2) is 24.3 Å². The van der Waals surface area contributed by atoms with Gasteiger partial charge >= 0.3 is 19.7 Å². The number of carboxylic acids is 1. The van der Waals surface area contributed by atoms with Crippen molar-refractivity contribution in [3.05, 3.63) is 35.4 Å². The number of aromatic carboxylic acids is 1. The summed E-state index contributed by atoms with van der Waals surface area (Å²) in [5.41, 5.74) is 0.877. The van der Waals surface area contributed by atoms with Crippen LogP contribution in [0.2, 0.25) is 0 Å². The first-order valence-electron chi connectivity index (χ1n) is 8.36. The molecule has 0 aromatic heterocycles. The van der Waals surface area contributed by atoms with Gasteiger partial charge in [-0.1, -0.05) is 12.1 Å². The maximum Gasteiger partial charge on any atom is 0.335 e. The molecule has 4 N–H and O–H groups in total. The second-order valence-corrected chi connectivity index (χ2v) is 8.04. The van der Waals surface area contributed by atoms with Crippen LogP contribution in [-0.4, -0.2) is 58.6 Å². The van der Waals surface area contributed by atoms with Crippen molar-refractivity contribution in [3.63, 3.8) is 0 Å². The minimum Gasteiger partial charge on any atom is -0.478 e. The molecule has 1 aromatic carbocycles. The first-order chi connectivity index (χ1) is 12.2. The molecular formula is C17H27NO7P+. The number of carbonyl (C=O) groups is 2. The van der Waals surface area contributed by atoms with Gasteiger partial charge in [0.1, 0.15) is 0 Å². The number of nitrogens with one attached hydrogen (secondary N) is 1. The Kier molecular flexibility index (Phi) is 9.29. The molecule has 26 heavy (non-hydrogen) atoms. The topological polar surface area (TPSA) is 125 Å². The lowest BCUT2D eigenvalue weighted by Crippen LogP contribution is -2.31. The highest BCUT2D eigenvalue weighted by molar-refractivity contribution is 7.65. The van der Waals surface area contributed by atoms with Gasteiger partial charge in [-0.3, -0.25) is 4.79 Å². The quantitative estimate of drug-likeness (QED) is 0.315. The van der Waals surface area contributed by atoms with Crippen molar-refractivity contribution in [1.29, 1.82) is 0 Å². The maximum absolute atomic E-state index is 12.1. The second kappa shape index (κ2) is 10.7. The van der Waals surface area contributed by atoms with Crippen LogP contribution in [0.25, 0.3) is 0 Å². The number of ketones is 1. The highest BCUT2D eigenvalue weighted by Gasteiger charge is 2.48. The number of Topliss-reactive ketones (excluding diaryl/α,β-unsaturated/α-hetero) is 1. The summed E-state index contributed by atoms with van der Waals surface area (Å²) in [7, 11) is -3.71. The molecule has 1 rings (SSSR count). The molecule has 0 unspecified atom stereocenters. The Labute approximate surface area is 153 Å². The van der Waals surface area contributed by atoms with E-state index in [0.717, 1.165) is 0 Å². The molecule has 146 valence electrons. The van der Waals surface area contributed by atoms with Crippen LogP contribution >= 0.6 is 7.72 Å². The summed E-state index contributed by atoms with van der Waals surface area (Å²) in [5, 5.41) is 12.0. The Morgan fingerprint density at radius 1 is 1.19 bits per heavy atom. The lowest BCUT2D eigenvalue weighted by atomic mass is 10.1. The summed E-state index contributed by atoms with van der Waals surface area (Å²) in [6, 6.07) is 4.92. The third kappa shape index (κ3) is 7.07. The summed E-state index contributed by atoms with van der Waals surface area (Å²) < 4.78 is 10.4. The van der Waals surface area contributed by atoms with E-state index >= 15 is 0 Å². The molecule has 0 saturated heterocycles. The van der Waals surface area contributed by atoms with Crippen LogP contribution in [0, 0.1) is 0 Å². The van der Waals surface area contributed by atoms with Crippen molar-refractivity contribution in [3.8, 4) is 0 Å². The average molecular weight is 388 g/mol. The normalized spacial score (nSPS) is 13.0. The molecule has 1 atom stereocenters. The Bertz CT molecular complexity index is 603. The predicted molar refractivity (Wildman–Crippen MR) is 98.1 cm³/mol. The third-order valence-electron chi connectivity index (χ3n) is 3.60. The molecule has 0 saturated carbocycles. The zero-order valence-electron chi connectivity index (χ0n) is 15.2. The Hall–Kier alpha value is -1.41. The van der Waals surface area contributed by atoms with Crippen molar-refractivity contribution in [2.24, 2.45) is 0 Å². The van der Waals surface area contributed by atoms with E-state index in [2.05, 4.69) is 5.32 Å². The van der Waals surface area contributed by atoms with Crippen LogP contribution in [0.4, 0.5) is 0 Å². The number of carbonyl (C=O) groups excluding carboxylic acids is 1. The van der Waals surface area contributed by atoms with Crippen molar-refractivity contribution in [2.75, 3.05) is 25.9 Å². The molecular weight excluding hydrogens is 361 g/mol. The summed E-state index contributed by atoms with van der Waals surface area (Å²) >= 11 is 0. The monoisotopic (exact) mass is 388 g/mol. The highest BCUT2D eigenvalue weighted by Crippen LogP contribution is 2.55. The van der Waals surface area contributed by atoms with E-state index in [4.69, 9.17) is 14.6 Å². The molecule has 0 heterocycles. The number of carboxylic acid groups (broad SMARTS) is 1. The molecule has 0 aliphatic carbocycles. The van der Waals surface area contributed by atoms with Crippen LogP contribution < -0.4 is 5.32 Å². The molecule has 0 radical (unpaired) electrons. The van der Waals surface area contributed by atoms with E-state index in [1.807, 2.05) is 0 Å². The van der Waals surface area contributed by atoms with Crippen LogP contribution in [0.5, 0.6) is 0 Å². The fourth-order valence-corrected chi connectivity index (χ4v) is 3.84. The molecule has 0 bridgehead atoms. The van der Waals surface area contributed by atoms with Crippen molar-refractivity contribution < 1.29 is 34.0 Å². The van der Waals surface area contributed by atoms with Crippen molar-refractivity contribution in [1.82, 2.24) is 5.32 Å². The number of benzene rings is 1. The zero-order valence-corrected chi connectivity index (χ0v) is 16.1. The minimum atomic E-state index is -3.71. The SMILES string of the molecule is CCOC(OCC)[P+](O)(O)CC(=O)CN[C@H](C)c1cccc(C(=O)O)c1. The van der Waals surface area contributed by atoms with E-state index in [0.29, 0.717) is 5.56 Å². The van der Waals surface area contributed by atoms with E-state index < -0.39 is 31.7 Å². The van der Waals surface area contributed by atoms with E-state index in [1.165, 1.54) is 12.1 Å².